The summed E-state index contributed by atoms with van der Waals surface area (Å²) < 4.78 is 5.57. The van der Waals surface area contributed by atoms with Gasteiger partial charge in [0, 0.05) is 13.2 Å². The van der Waals surface area contributed by atoms with Crippen LogP contribution in [0.25, 0.3) is 0 Å². The first-order chi connectivity index (χ1) is 8.50. The highest BCUT2D eigenvalue weighted by Gasteiger charge is 2.39. The third-order valence-corrected chi connectivity index (χ3v) is 3.95. The van der Waals surface area contributed by atoms with Gasteiger partial charge in [-0.25, -0.2) is 0 Å². The van der Waals surface area contributed by atoms with Gasteiger partial charge in [-0.1, -0.05) is 20.8 Å². The lowest BCUT2D eigenvalue weighted by molar-refractivity contribution is -0.152. The quantitative estimate of drug-likeness (QED) is 0.711. The van der Waals surface area contributed by atoms with Gasteiger partial charge >= 0.3 is 5.97 Å². The Morgan fingerprint density at radius 3 is 2.44 bits per heavy atom. The molecule has 0 unspecified atom stereocenters. The SMILES string of the molecule is CCC1(C(=O)O)CCN(CCOCC(C)C)CC1. The van der Waals surface area contributed by atoms with Crippen LogP contribution in [0.5, 0.6) is 0 Å². The average molecular weight is 257 g/mol. The number of carboxylic acids is 1. The number of carbonyl (C=O) groups is 1. The number of carboxylic acid groups (broad SMARTS) is 1. The van der Waals surface area contributed by atoms with Crippen molar-refractivity contribution in [2.45, 2.75) is 40.0 Å². The molecule has 0 amide bonds. The van der Waals surface area contributed by atoms with Gasteiger partial charge in [-0.2, -0.15) is 0 Å². The van der Waals surface area contributed by atoms with Crippen LogP contribution in [0.3, 0.4) is 0 Å². The summed E-state index contributed by atoms with van der Waals surface area (Å²) in [5.41, 5.74) is -0.477. The van der Waals surface area contributed by atoms with Crippen molar-refractivity contribution in [1.29, 1.82) is 0 Å². The van der Waals surface area contributed by atoms with Gasteiger partial charge in [0.1, 0.15) is 0 Å². The third kappa shape index (κ3) is 4.25. The zero-order chi connectivity index (χ0) is 13.6. The van der Waals surface area contributed by atoms with Crippen LogP contribution in [0, 0.1) is 11.3 Å². The van der Waals surface area contributed by atoms with Crippen LogP contribution < -0.4 is 0 Å². The van der Waals surface area contributed by atoms with Gasteiger partial charge in [-0.3, -0.25) is 4.79 Å². The van der Waals surface area contributed by atoms with Crippen LogP contribution in [0.4, 0.5) is 0 Å². The summed E-state index contributed by atoms with van der Waals surface area (Å²) in [5.74, 6) is -0.0492. The van der Waals surface area contributed by atoms with Crippen LogP contribution in [0.1, 0.15) is 40.0 Å². The maximum atomic E-state index is 11.3. The molecule has 0 spiro atoms. The van der Waals surface area contributed by atoms with Crippen molar-refractivity contribution in [3.63, 3.8) is 0 Å². The molecule has 1 saturated heterocycles. The normalized spacial score (nSPS) is 20.2. The van der Waals surface area contributed by atoms with Crippen LogP contribution >= 0.6 is 0 Å². The lowest BCUT2D eigenvalue weighted by atomic mass is 9.76. The summed E-state index contributed by atoms with van der Waals surface area (Å²) in [6.45, 7) is 10.5. The number of aliphatic carboxylic acids is 1. The molecule has 4 heteroatoms. The molecule has 1 aliphatic heterocycles. The van der Waals surface area contributed by atoms with E-state index in [4.69, 9.17) is 4.74 Å². The van der Waals surface area contributed by atoms with E-state index in [1.165, 1.54) is 0 Å². The zero-order valence-corrected chi connectivity index (χ0v) is 11.9. The highest BCUT2D eigenvalue weighted by atomic mass is 16.5. The second-order valence-corrected chi connectivity index (χ2v) is 5.75. The van der Waals surface area contributed by atoms with Crippen molar-refractivity contribution >= 4 is 5.97 Å². The first-order valence-corrected chi connectivity index (χ1v) is 7.03. The minimum Gasteiger partial charge on any atom is -0.481 e. The fourth-order valence-corrected chi connectivity index (χ4v) is 2.44. The first kappa shape index (κ1) is 15.4. The fraction of sp³-hybridized carbons (Fsp3) is 0.929. The number of likely N-dealkylation sites (tertiary alicyclic amines) is 1. The molecule has 0 radical (unpaired) electrons. The van der Waals surface area contributed by atoms with Crippen molar-refractivity contribution in [2.75, 3.05) is 32.8 Å². The Morgan fingerprint density at radius 2 is 2.00 bits per heavy atom. The van der Waals surface area contributed by atoms with Gasteiger partial charge in [0.2, 0.25) is 0 Å². The molecule has 1 rings (SSSR count). The molecular weight excluding hydrogens is 230 g/mol. The number of ether oxygens (including phenoxy) is 1. The summed E-state index contributed by atoms with van der Waals surface area (Å²) in [7, 11) is 0. The predicted molar refractivity (Wildman–Crippen MR) is 71.7 cm³/mol. The second-order valence-electron chi connectivity index (χ2n) is 5.75. The van der Waals surface area contributed by atoms with E-state index < -0.39 is 11.4 Å². The number of hydrogen-bond acceptors (Lipinski definition) is 3. The first-order valence-electron chi connectivity index (χ1n) is 7.03. The number of rotatable bonds is 7. The number of piperidine rings is 1. The van der Waals surface area contributed by atoms with Gasteiger partial charge in [0.05, 0.1) is 12.0 Å². The van der Waals surface area contributed by atoms with Crippen molar-refractivity contribution < 1.29 is 14.6 Å². The van der Waals surface area contributed by atoms with Crippen molar-refractivity contribution in [2.24, 2.45) is 11.3 Å². The number of hydrogen-bond donors (Lipinski definition) is 1. The van der Waals surface area contributed by atoms with E-state index in [0.717, 1.165) is 52.1 Å². The molecule has 1 aliphatic rings. The van der Waals surface area contributed by atoms with E-state index in [1.54, 1.807) is 0 Å². The number of nitrogens with zero attached hydrogens (tertiary/aromatic N) is 1. The van der Waals surface area contributed by atoms with E-state index in [9.17, 15) is 9.90 Å². The molecule has 0 aromatic heterocycles. The highest BCUT2D eigenvalue weighted by Crippen LogP contribution is 2.34. The van der Waals surface area contributed by atoms with Gasteiger partial charge < -0.3 is 14.7 Å². The molecule has 18 heavy (non-hydrogen) atoms. The standard InChI is InChI=1S/C14H27NO3/c1-4-14(13(16)17)5-7-15(8-6-14)9-10-18-11-12(2)3/h12H,4-11H2,1-3H3,(H,16,17). The lowest BCUT2D eigenvalue weighted by Crippen LogP contribution is -2.45. The molecule has 0 aliphatic carbocycles. The molecule has 0 aromatic carbocycles. The van der Waals surface area contributed by atoms with Crippen LogP contribution in [-0.2, 0) is 9.53 Å². The minimum absolute atomic E-state index is 0.477. The van der Waals surface area contributed by atoms with Gasteiger partial charge in [0.25, 0.3) is 0 Å². The molecular formula is C14H27NO3. The highest BCUT2D eigenvalue weighted by molar-refractivity contribution is 5.74. The Balaban J connectivity index is 2.25. The van der Waals surface area contributed by atoms with Crippen molar-refractivity contribution in [1.82, 2.24) is 4.90 Å². The van der Waals surface area contributed by atoms with Crippen molar-refractivity contribution in [3.8, 4) is 0 Å². The van der Waals surface area contributed by atoms with Crippen LogP contribution in [0.15, 0.2) is 0 Å². The molecule has 0 atom stereocenters. The Labute approximate surface area is 110 Å². The molecule has 1 N–H and O–H groups in total. The van der Waals surface area contributed by atoms with E-state index >= 15 is 0 Å². The summed E-state index contributed by atoms with van der Waals surface area (Å²) in [6.07, 6.45) is 2.27. The van der Waals surface area contributed by atoms with Gasteiger partial charge in [-0.05, 0) is 38.3 Å². The zero-order valence-electron chi connectivity index (χ0n) is 11.9. The van der Waals surface area contributed by atoms with E-state index in [0.29, 0.717) is 5.92 Å². The molecule has 1 heterocycles. The average Bonchev–Trinajstić information content (AvgIpc) is 2.35. The van der Waals surface area contributed by atoms with E-state index in [-0.39, 0.29) is 0 Å². The Bertz CT molecular complexity index is 258. The topological polar surface area (TPSA) is 49.8 Å². The summed E-state index contributed by atoms with van der Waals surface area (Å²) in [4.78, 5) is 13.6. The van der Waals surface area contributed by atoms with Gasteiger partial charge in [-0.15, -0.1) is 0 Å². The molecule has 4 nitrogen and oxygen atoms in total. The van der Waals surface area contributed by atoms with Crippen molar-refractivity contribution in [3.05, 3.63) is 0 Å². The lowest BCUT2D eigenvalue weighted by Gasteiger charge is -2.38. The minimum atomic E-state index is -0.624. The summed E-state index contributed by atoms with van der Waals surface area (Å²) >= 11 is 0. The summed E-state index contributed by atoms with van der Waals surface area (Å²) in [5, 5.41) is 9.31. The monoisotopic (exact) mass is 257 g/mol. The van der Waals surface area contributed by atoms with E-state index in [1.807, 2.05) is 6.92 Å². The smallest absolute Gasteiger partial charge is 0.309 e. The Kier molecular flexibility index (Phi) is 6.09. The summed E-state index contributed by atoms with van der Waals surface area (Å²) in [6, 6.07) is 0. The van der Waals surface area contributed by atoms with E-state index in [2.05, 4.69) is 18.7 Å². The maximum Gasteiger partial charge on any atom is 0.309 e. The van der Waals surface area contributed by atoms with Gasteiger partial charge in [0.15, 0.2) is 0 Å². The molecule has 0 aromatic rings. The Hall–Kier alpha value is -0.610. The third-order valence-electron chi connectivity index (χ3n) is 3.95. The fourth-order valence-electron chi connectivity index (χ4n) is 2.44. The largest absolute Gasteiger partial charge is 0.481 e. The molecule has 1 fully saturated rings. The predicted octanol–water partition coefficient (Wildman–Crippen LogP) is 2.24. The molecule has 0 bridgehead atoms. The second kappa shape index (κ2) is 7.10. The molecule has 106 valence electrons. The Morgan fingerprint density at radius 1 is 1.39 bits per heavy atom. The molecule has 0 saturated carbocycles. The van der Waals surface area contributed by atoms with Crippen LogP contribution in [-0.4, -0.2) is 48.8 Å². The van der Waals surface area contributed by atoms with Crippen LogP contribution in [0.2, 0.25) is 0 Å². The maximum absolute atomic E-state index is 11.3.